The molecule has 18 heavy (non-hydrogen) atoms. The van der Waals surface area contributed by atoms with Crippen LogP contribution in [-0.4, -0.2) is 29.6 Å². The fourth-order valence-corrected chi connectivity index (χ4v) is 2.48. The summed E-state index contributed by atoms with van der Waals surface area (Å²) in [6, 6.07) is 0. The molecule has 0 aliphatic heterocycles. The van der Waals surface area contributed by atoms with Gasteiger partial charge < -0.3 is 9.76 Å². The van der Waals surface area contributed by atoms with Crippen molar-refractivity contribution in [2.24, 2.45) is 11.8 Å². The van der Waals surface area contributed by atoms with Gasteiger partial charge in [-0.3, -0.25) is 4.79 Å². The largest absolute Gasteiger partial charge is 0.427 e. The van der Waals surface area contributed by atoms with Crippen LogP contribution >= 0.6 is 0 Å². The first-order valence-corrected chi connectivity index (χ1v) is 6.65. The van der Waals surface area contributed by atoms with E-state index < -0.39 is 11.2 Å². The highest BCUT2D eigenvalue weighted by Gasteiger charge is 2.39. The van der Waals surface area contributed by atoms with Gasteiger partial charge in [0.15, 0.2) is 0 Å². The molecule has 3 nitrogen and oxygen atoms in total. The van der Waals surface area contributed by atoms with E-state index in [4.69, 9.17) is 4.65 Å². The van der Waals surface area contributed by atoms with Crippen molar-refractivity contribution in [1.29, 1.82) is 0 Å². The first kappa shape index (κ1) is 13.8. The van der Waals surface area contributed by atoms with Gasteiger partial charge in [-0.2, -0.15) is 0 Å². The minimum absolute atomic E-state index is 0.387. The zero-order valence-corrected chi connectivity index (χ0v) is 11.7. The molecule has 2 atom stereocenters. The Kier molecular flexibility index (Phi) is 3.45. The zero-order valence-electron chi connectivity index (χ0n) is 11.7. The molecule has 0 amide bonds. The molecule has 2 aliphatic carbocycles. The average Bonchev–Trinajstić information content (AvgIpc) is 2.69. The number of allylic oxidation sites excluding steroid dienone is 2. The van der Waals surface area contributed by atoms with E-state index in [0.717, 1.165) is 11.9 Å². The molecule has 0 aromatic carbocycles. The van der Waals surface area contributed by atoms with Gasteiger partial charge in [-0.25, -0.2) is 0 Å². The third kappa shape index (κ3) is 2.70. The fraction of sp³-hybridized carbons (Fsp3) is 0.786. The third-order valence-corrected chi connectivity index (χ3v) is 4.46. The van der Waals surface area contributed by atoms with Gasteiger partial charge in [0.2, 0.25) is 0 Å². The van der Waals surface area contributed by atoms with Gasteiger partial charge in [-0.05, 0) is 46.0 Å². The van der Waals surface area contributed by atoms with E-state index in [1.807, 2.05) is 13.8 Å². The second-order valence-corrected chi connectivity index (χ2v) is 6.62. The number of hydrogen-bond acceptors (Lipinski definition) is 3. The normalized spacial score (nSPS) is 28.3. The summed E-state index contributed by atoms with van der Waals surface area (Å²) in [5.41, 5.74) is -0.356. The van der Waals surface area contributed by atoms with Crippen LogP contribution in [0.5, 0.6) is 0 Å². The smallest absolute Gasteiger partial charge is 0.326 e. The summed E-state index contributed by atoms with van der Waals surface area (Å²) in [6.45, 7) is 7.25. The predicted molar refractivity (Wildman–Crippen MR) is 71.1 cm³/mol. The lowest BCUT2D eigenvalue weighted by Crippen LogP contribution is -2.48. The maximum atomic E-state index is 11.3. The molecule has 1 radical (unpaired) electrons. The molecule has 0 aromatic heterocycles. The molecule has 2 rings (SSSR count). The number of fused-ring (bicyclic) bond motifs is 1. The number of ketones is 1. The van der Waals surface area contributed by atoms with Crippen molar-refractivity contribution in [2.45, 2.75) is 58.2 Å². The molecule has 0 aromatic rings. The molecule has 1 N–H and O–H groups in total. The van der Waals surface area contributed by atoms with Crippen molar-refractivity contribution in [3.8, 4) is 0 Å². The maximum absolute atomic E-state index is 11.3. The standard InChI is InChI=1S/C14H22BO3/c1-13(2,17)14(3,4)18-15-11-5-9-7-12(16)8-10(9)6-11/h5,9-10,17H,6-8H2,1-4H3. The molecule has 1 fully saturated rings. The molecule has 0 bridgehead atoms. The van der Waals surface area contributed by atoms with E-state index in [2.05, 4.69) is 6.08 Å². The van der Waals surface area contributed by atoms with Crippen LogP contribution in [0.25, 0.3) is 0 Å². The molecule has 0 spiro atoms. The number of Topliss-reactive ketones (excluding diaryl/α,β-unsaturated/α-hetero) is 1. The van der Waals surface area contributed by atoms with Crippen LogP contribution in [0.3, 0.4) is 0 Å². The van der Waals surface area contributed by atoms with Crippen LogP contribution in [0.15, 0.2) is 11.5 Å². The summed E-state index contributed by atoms with van der Waals surface area (Å²) in [5.74, 6) is 1.29. The van der Waals surface area contributed by atoms with Crippen LogP contribution in [0.4, 0.5) is 0 Å². The lowest BCUT2D eigenvalue weighted by Gasteiger charge is -2.37. The second-order valence-electron chi connectivity index (χ2n) is 6.62. The van der Waals surface area contributed by atoms with Gasteiger partial charge in [0.05, 0.1) is 11.2 Å². The molecule has 1 saturated carbocycles. The number of carbonyl (C=O) groups is 1. The van der Waals surface area contributed by atoms with Crippen molar-refractivity contribution in [2.75, 3.05) is 0 Å². The molecular formula is C14H22BO3. The minimum Gasteiger partial charge on any atom is -0.427 e. The summed E-state index contributed by atoms with van der Waals surface area (Å²) < 4.78 is 5.74. The Hall–Kier alpha value is -0.605. The summed E-state index contributed by atoms with van der Waals surface area (Å²) in [6.07, 6.45) is 4.50. The Morgan fingerprint density at radius 3 is 2.50 bits per heavy atom. The van der Waals surface area contributed by atoms with Crippen LogP contribution in [0.2, 0.25) is 0 Å². The van der Waals surface area contributed by atoms with E-state index >= 15 is 0 Å². The van der Waals surface area contributed by atoms with Crippen molar-refractivity contribution < 1.29 is 14.6 Å². The molecule has 4 heteroatoms. The average molecular weight is 249 g/mol. The van der Waals surface area contributed by atoms with E-state index in [0.29, 0.717) is 30.5 Å². The second kappa shape index (κ2) is 4.50. The van der Waals surface area contributed by atoms with E-state index in [9.17, 15) is 9.90 Å². The maximum Gasteiger partial charge on any atom is 0.326 e. The van der Waals surface area contributed by atoms with Gasteiger partial charge in [0.1, 0.15) is 5.78 Å². The highest BCUT2D eigenvalue weighted by atomic mass is 16.5. The van der Waals surface area contributed by atoms with Gasteiger partial charge in [0.25, 0.3) is 0 Å². The Morgan fingerprint density at radius 1 is 1.28 bits per heavy atom. The third-order valence-electron chi connectivity index (χ3n) is 4.46. The monoisotopic (exact) mass is 249 g/mol. The summed E-state index contributed by atoms with van der Waals surface area (Å²) in [5, 5.41) is 10.0. The minimum atomic E-state index is -0.894. The highest BCUT2D eigenvalue weighted by Crippen LogP contribution is 2.41. The number of carbonyl (C=O) groups excluding carboxylic acids is 1. The van der Waals surface area contributed by atoms with Crippen LogP contribution < -0.4 is 0 Å². The van der Waals surface area contributed by atoms with Gasteiger partial charge in [0, 0.05) is 12.8 Å². The summed E-state index contributed by atoms with van der Waals surface area (Å²) in [7, 11) is 1.76. The van der Waals surface area contributed by atoms with E-state index in [1.54, 1.807) is 21.3 Å². The van der Waals surface area contributed by atoms with E-state index in [-0.39, 0.29) is 0 Å². The van der Waals surface area contributed by atoms with Crippen molar-refractivity contribution in [3.63, 3.8) is 0 Å². The lowest BCUT2D eigenvalue weighted by atomic mass is 9.81. The number of rotatable bonds is 4. The zero-order chi connectivity index (χ0) is 13.6. The van der Waals surface area contributed by atoms with Crippen LogP contribution in [0, 0.1) is 11.8 Å². The quantitative estimate of drug-likeness (QED) is 0.775. The Morgan fingerprint density at radius 2 is 1.94 bits per heavy atom. The number of aliphatic hydroxyl groups is 1. The Labute approximate surface area is 110 Å². The van der Waals surface area contributed by atoms with Gasteiger partial charge in [-0.1, -0.05) is 11.5 Å². The lowest BCUT2D eigenvalue weighted by molar-refractivity contribution is -0.117. The Balaban J connectivity index is 1.90. The SMILES string of the molecule is CC(C)(O)C(C)(C)O[B]C1=CC2CC(=O)CC2C1. The topological polar surface area (TPSA) is 46.5 Å². The first-order chi connectivity index (χ1) is 8.19. The number of hydrogen-bond donors (Lipinski definition) is 1. The summed E-state index contributed by atoms with van der Waals surface area (Å²) in [4.78, 5) is 11.3. The molecule has 2 unspecified atom stereocenters. The molecule has 2 aliphatic rings. The first-order valence-electron chi connectivity index (χ1n) is 6.65. The fourth-order valence-electron chi connectivity index (χ4n) is 2.48. The molecular weight excluding hydrogens is 227 g/mol. The van der Waals surface area contributed by atoms with E-state index in [1.165, 1.54) is 0 Å². The molecule has 99 valence electrons. The Bertz CT molecular complexity index is 379. The van der Waals surface area contributed by atoms with Crippen molar-refractivity contribution in [1.82, 2.24) is 0 Å². The van der Waals surface area contributed by atoms with Gasteiger partial charge in [-0.15, -0.1) is 0 Å². The van der Waals surface area contributed by atoms with Gasteiger partial charge >= 0.3 is 7.48 Å². The van der Waals surface area contributed by atoms with Crippen molar-refractivity contribution in [3.05, 3.63) is 11.5 Å². The van der Waals surface area contributed by atoms with Crippen LogP contribution in [-0.2, 0) is 9.45 Å². The highest BCUT2D eigenvalue weighted by molar-refractivity contribution is 6.38. The summed E-state index contributed by atoms with van der Waals surface area (Å²) >= 11 is 0. The van der Waals surface area contributed by atoms with Crippen molar-refractivity contribution >= 4 is 13.3 Å². The van der Waals surface area contributed by atoms with Crippen LogP contribution in [0.1, 0.15) is 47.0 Å². The molecule has 0 heterocycles. The molecule has 0 saturated heterocycles. The predicted octanol–water partition coefficient (Wildman–Crippen LogP) is 2.05.